The Morgan fingerprint density at radius 2 is 1.29 bits per heavy atom. The van der Waals surface area contributed by atoms with E-state index >= 15 is 0 Å². The fraction of sp³-hybridized carbons (Fsp3) is 0.111. The van der Waals surface area contributed by atoms with Gasteiger partial charge in [0, 0.05) is 11.7 Å². The van der Waals surface area contributed by atoms with Crippen molar-refractivity contribution in [2.75, 3.05) is 5.88 Å². The second kappa shape index (κ2) is 14.4. The minimum Gasteiger partial charge on any atom is -0.365 e. The molecule has 3 aromatic heterocycles. The Balaban J connectivity index is 0.000000187. The zero-order valence-electron chi connectivity index (χ0n) is 13.1. The van der Waals surface area contributed by atoms with E-state index in [1.54, 1.807) is 11.8 Å². The third kappa shape index (κ3) is 11.5. The lowest BCUT2D eigenvalue weighted by Gasteiger charge is -1.83. The normalized spacial score (nSPS) is 11.9. The van der Waals surface area contributed by atoms with Gasteiger partial charge in [-0.3, -0.25) is 23.3 Å². The zero-order chi connectivity index (χ0) is 21.1. The van der Waals surface area contributed by atoms with Crippen LogP contribution in [0.2, 0.25) is 0 Å². The zero-order valence-corrected chi connectivity index (χ0v) is 22.9. The van der Waals surface area contributed by atoms with Gasteiger partial charge in [-0.2, -0.15) is 0 Å². The second-order valence-corrected chi connectivity index (χ2v) is 11.7. The average Bonchev–Trinajstić information content (AvgIpc) is 3.39. The van der Waals surface area contributed by atoms with E-state index in [9.17, 15) is 0 Å². The Hall–Kier alpha value is 0.330. The molecule has 28 heavy (non-hydrogen) atoms. The first-order valence-corrected chi connectivity index (χ1v) is 13.2. The number of thiocarbonyl (C=S) groups is 2. The van der Waals surface area contributed by atoms with Crippen LogP contribution in [0.3, 0.4) is 0 Å². The van der Waals surface area contributed by atoms with Crippen LogP contribution in [0.25, 0.3) is 0 Å². The second-order valence-electron chi connectivity index (χ2n) is 3.92. The predicted octanol–water partition coefficient (Wildman–Crippen LogP) is 6.52. The van der Waals surface area contributed by atoms with Crippen molar-refractivity contribution in [1.82, 2.24) is 33.6 Å². The summed E-state index contributed by atoms with van der Waals surface area (Å²) in [6, 6.07) is 0. The van der Waals surface area contributed by atoms with Crippen LogP contribution in [0.4, 0.5) is 0 Å². The Labute approximate surface area is 216 Å². The van der Waals surface area contributed by atoms with Crippen LogP contribution in [0, 0.1) is 25.9 Å². The molecule has 7 nitrogen and oxygen atoms in total. The summed E-state index contributed by atoms with van der Waals surface area (Å²) in [5.41, 5.74) is 0. The largest absolute Gasteiger partial charge is 0.365 e. The minimum atomic E-state index is 0.606. The van der Waals surface area contributed by atoms with Crippen LogP contribution in [0.15, 0.2) is 0 Å². The van der Waals surface area contributed by atoms with E-state index in [1.165, 1.54) is 34.6 Å². The summed E-state index contributed by atoms with van der Waals surface area (Å²) < 4.78 is 13.1. The van der Waals surface area contributed by atoms with Crippen molar-refractivity contribution < 1.29 is 0 Å². The molecular formula is C9H9N7S12. The van der Waals surface area contributed by atoms with Crippen molar-refractivity contribution in [3.05, 3.63) is 25.9 Å². The van der Waals surface area contributed by atoms with Crippen LogP contribution >= 0.6 is 144 Å². The highest BCUT2D eigenvalue weighted by Crippen LogP contribution is 2.09. The highest BCUT2D eigenvalue weighted by atomic mass is 32.2. The molecule has 1 saturated heterocycles. The maximum absolute atomic E-state index is 4.80. The number of hydrogen-bond acceptors (Lipinski definition) is 12. The molecule has 152 valence electrons. The average molecular weight is 600 g/mol. The molecule has 4 heterocycles. The molecule has 0 radical (unpaired) electrons. The molecule has 7 N–H and O–H groups in total. The molecule has 1 aliphatic heterocycles. The van der Waals surface area contributed by atoms with E-state index in [0.717, 1.165) is 15.1 Å². The number of hydrogen-bond donors (Lipinski definition) is 7. The topological polar surface area (TPSA) is 107 Å². The van der Waals surface area contributed by atoms with Gasteiger partial charge in [-0.1, -0.05) is 72.0 Å². The standard InChI is InChI=1S/C3H3NS3.3C2H2N2S3/c5-2-3(6)7-1-4-2;5-1-3-4-2(6)7-1;5-1-3-2(6)7-4-1;5-1-2(6)4-7-3-1/h1H2,(H,4,5);(H,3,5)(H,4,6);(H2,3,4,5,6);(H,3,5)(H,4,6). The third-order valence-corrected chi connectivity index (χ3v) is 8.11. The van der Waals surface area contributed by atoms with Gasteiger partial charge in [-0.15, -0.1) is 0 Å². The van der Waals surface area contributed by atoms with Gasteiger partial charge in [0.05, 0.1) is 5.88 Å². The van der Waals surface area contributed by atoms with E-state index < -0.39 is 0 Å². The highest BCUT2D eigenvalue weighted by molar-refractivity contribution is 8.27. The molecular weight excluding hydrogens is 591 g/mol. The van der Waals surface area contributed by atoms with Gasteiger partial charge in [0.1, 0.15) is 18.5 Å². The quantitative estimate of drug-likeness (QED) is 0.144. The van der Waals surface area contributed by atoms with E-state index in [4.69, 9.17) is 85.5 Å². The van der Waals surface area contributed by atoms with Crippen molar-refractivity contribution in [3.63, 3.8) is 0 Å². The van der Waals surface area contributed by atoms with Gasteiger partial charge >= 0.3 is 0 Å². The first-order chi connectivity index (χ1) is 13.2. The molecule has 0 spiro atoms. The van der Waals surface area contributed by atoms with Crippen LogP contribution in [-0.4, -0.2) is 43.4 Å². The van der Waals surface area contributed by atoms with Gasteiger partial charge < -0.3 is 10.3 Å². The molecule has 1 aliphatic rings. The molecule has 0 saturated carbocycles. The van der Waals surface area contributed by atoms with Crippen LogP contribution in [-0.2, 0) is 0 Å². The molecule has 0 unspecified atom stereocenters. The van der Waals surface area contributed by atoms with Crippen molar-refractivity contribution in [3.8, 4) is 0 Å². The predicted molar refractivity (Wildman–Crippen MR) is 145 cm³/mol. The molecule has 0 aromatic carbocycles. The molecule has 0 amide bonds. The van der Waals surface area contributed by atoms with E-state index in [0.29, 0.717) is 25.9 Å². The minimum absolute atomic E-state index is 0.606. The van der Waals surface area contributed by atoms with Crippen molar-refractivity contribution in [2.45, 2.75) is 0 Å². The van der Waals surface area contributed by atoms with Crippen LogP contribution in [0.1, 0.15) is 0 Å². The summed E-state index contributed by atoms with van der Waals surface area (Å²) in [6.45, 7) is 0. The Bertz CT molecular complexity index is 1080. The first-order valence-electron chi connectivity index (χ1n) is 6.45. The summed E-state index contributed by atoms with van der Waals surface area (Å²) in [7, 11) is 0. The van der Waals surface area contributed by atoms with Crippen molar-refractivity contribution in [1.29, 1.82) is 0 Å². The number of H-pyrrole nitrogens is 6. The molecule has 1 fully saturated rings. The molecule has 4 rings (SSSR count). The number of aromatic nitrogens is 6. The van der Waals surface area contributed by atoms with Gasteiger partial charge in [0.25, 0.3) is 0 Å². The summed E-state index contributed by atoms with van der Waals surface area (Å²) >= 11 is 43.3. The smallest absolute Gasteiger partial charge is 0.185 e. The molecule has 3 aromatic rings. The number of nitrogens with one attached hydrogen (secondary N) is 7. The molecule has 0 atom stereocenters. The summed E-state index contributed by atoms with van der Waals surface area (Å²) in [6.07, 6.45) is 0. The third-order valence-electron chi connectivity index (χ3n) is 2.02. The first kappa shape index (κ1) is 26.4. The van der Waals surface area contributed by atoms with E-state index in [-0.39, 0.29) is 0 Å². The SMILES string of the molecule is S=C1NCSC1=S.S=c1[nH][nH]c(=S)s1.S=c1[nH]s[nH]c1=S.S=c1[nH]sc(=S)[nH]1. The van der Waals surface area contributed by atoms with E-state index in [2.05, 4.69) is 45.8 Å². The van der Waals surface area contributed by atoms with Crippen LogP contribution < -0.4 is 5.32 Å². The Kier molecular flexibility index (Phi) is 13.5. The Morgan fingerprint density at radius 3 is 1.43 bits per heavy atom. The maximum atomic E-state index is 4.80. The summed E-state index contributed by atoms with van der Waals surface area (Å²) in [5, 5.41) is 8.27. The Morgan fingerprint density at radius 1 is 0.714 bits per heavy atom. The van der Waals surface area contributed by atoms with Crippen molar-refractivity contribution in [2.24, 2.45) is 0 Å². The number of rotatable bonds is 0. The molecule has 0 bridgehead atoms. The highest BCUT2D eigenvalue weighted by Gasteiger charge is 2.10. The maximum Gasteiger partial charge on any atom is 0.185 e. The lowest BCUT2D eigenvalue weighted by Crippen LogP contribution is -2.14. The molecule has 0 aliphatic carbocycles. The fourth-order valence-electron chi connectivity index (χ4n) is 0.990. The van der Waals surface area contributed by atoms with Gasteiger partial charge in [-0.05, 0) is 60.4 Å². The van der Waals surface area contributed by atoms with Gasteiger partial charge in [0.2, 0.25) is 0 Å². The fourth-order valence-corrected chi connectivity index (χ4v) is 5.16. The van der Waals surface area contributed by atoms with E-state index in [1.807, 2.05) is 0 Å². The number of thioether (sulfide) groups is 1. The monoisotopic (exact) mass is 599 g/mol. The van der Waals surface area contributed by atoms with Crippen LogP contribution in [0.5, 0.6) is 0 Å². The van der Waals surface area contributed by atoms with Gasteiger partial charge in [-0.25, -0.2) is 0 Å². The van der Waals surface area contributed by atoms with Gasteiger partial charge in [0.15, 0.2) is 16.6 Å². The lowest BCUT2D eigenvalue weighted by atomic mass is 10.8. The lowest BCUT2D eigenvalue weighted by molar-refractivity contribution is 1.07. The molecule has 19 heteroatoms. The summed E-state index contributed by atoms with van der Waals surface area (Å²) in [4.78, 5) is 3.47. The summed E-state index contributed by atoms with van der Waals surface area (Å²) in [5.74, 6) is 0.859. The van der Waals surface area contributed by atoms with Crippen molar-refractivity contribution >= 4 is 153 Å². The number of aromatic amines is 6.